The van der Waals surface area contributed by atoms with E-state index in [0.29, 0.717) is 5.52 Å². The van der Waals surface area contributed by atoms with E-state index in [2.05, 4.69) is 14.5 Å². The molecule has 3 aromatic rings. The van der Waals surface area contributed by atoms with E-state index in [9.17, 15) is 23.5 Å². The summed E-state index contributed by atoms with van der Waals surface area (Å²) in [6, 6.07) is 7.37. The topological polar surface area (TPSA) is 115 Å². The molecule has 0 unspecified atom stereocenters. The summed E-state index contributed by atoms with van der Waals surface area (Å²) in [6.07, 6.45) is 0. The van der Waals surface area contributed by atoms with Crippen LogP contribution in [0.25, 0.3) is 10.9 Å². The van der Waals surface area contributed by atoms with Gasteiger partial charge in [0, 0.05) is 779 Å². The Balaban J connectivity index is 0.00000194. The minimum atomic E-state index is -0.691. The summed E-state index contributed by atoms with van der Waals surface area (Å²) in [5.74, 6) is -2.61. The Bertz CT molecular complexity index is 7980. The largest absolute Gasteiger partial charge is 0.505 e. The lowest BCUT2D eigenvalue weighted by Crippen LogP contribution is -2.05. The van der Waals surface area contributed by atoms with Crippen molar-refractivity contribution in [2.45, 2.75) is 0 Å². The van der Waals surface area contributed by atoms with Crippen molar-refractivity contribution < 1.29 is 33.0 Å². The fourth-order valence-corrected chi connectivity index (χ4v) is 228. The number of halogens is 2. The number of H-pyrrole nitrogens is 1. The highest BCUT2D eigenvalue weighted by Gasteiger charge is 2.18. The number of aromatic hydroxyl groups is 1. The first-order valence-corrected chi connectivity index (χ1v) is 135. The van der Waals surface area contributed by atoms with Crippen molar-refractivity contribution in [1.82, 2.24) is 4.98 Å². The monoisotopic (exact) mass is 3130 g/mol. The maximum Gasteiger partial charge on any atom is 0.358 e. The second kappa shape index (κ2) is 106. The molecule has 0 radical (unpaired) electrons. The van der Waals surface area contributed by atoms with Gasteiger partial charge >= 0.3 is 11.9 Å². The zero-order valence-electron chi connectivity index (χ0n) is 49.5. The fourth-order valence-electron chi connectivity index (χ4n) is 3.14. The van der Waals surface area contributed by atoms with E-state index >= 15 is 0 Å². The third-order valence-electron chi connectivity index (χ3n) is 5.85. The van der Waals surface area contributed by atoms with Crippen molar-refractivity contribution >= 4 is 797 Å². The predicted molar refractivity (Wildman–Crippen MR) is 727 cm³/mol. The number of hydrogen-bond donors (Lipinski definition) is 3. The molecule has 0 bridgehead atoms. The Kier molecular flexibility index (Phi) is 119. The number of nitrogen functional groups attached to an aromatic ring is 1. The number of ether oxygens (including phenoxy) is 2. The third kappa shape index (κ3) is 90.9. The van der Waals surface area contributed by atoms with Crippen molar-refractivity contribution in [3.63, 3.8) is 0 Å². The van der Waals surface area contributed by atoms with Gasteiger partial charge in [0.15, 0.2) is 11.4 Å². The molecule has 0 saturated heterocycles. The number of methoxy groups -OCH3 is 2. The Morgan fingerprint density at radius 3 is 0.628 bits per heavy atom. The van der Waals surface area contributed by atoms with Crippen LogP contribution in [0.1, 0.15) is 20.8 Å². The van der Waals surface area contributed by atoms with E-state index in [1.165, 1.54) is 56.2 Å². The van der Waals surface area contributed by atoms with Gasteiger partial charge in [0.05, 0.1) is 25.3 Å². The molecule has 95 heteroatoms. The van der Waals surface area contributed by atoms with Gasteiger partial charge in [-0.05, 0) is 36.4 Å². The van der Waals surface area contributed by atoms with Crippen LogP contribution < -0.4 is 5.73 Å². The summed E-state index contributed by atoms with van der Waals surface area (Å²) >= 11 is 9.66. The van der Waals surface area contributed by atoms with Crippen LogP contribution in [0.15, 0.2) is 36.4 Å². The Hall–Kier alpha value is 15.3. The first-order valence-electron chi connectivity index (χ1n) is 21.7. The Morgan fingerprint density at radius 2 is 0.451 bits per heavy atom. The van der Waals surface area contributed by atoms with E-state index in [0.717, 1.165) is 12.1 Å². The van der Waals surface area contributed by atoms with Crippen molar-refractivity contribution in [2.75, 3.05) is 20.0 Å². The average molecular weight is 3140 g/mol. The van der Waals surface area contributed by atoms with Gasteiger partial charge in [0.1, 0.15) is 11.6 Å². The van der Waals surface area contributed by atoms with Crippen LogP contribution in [0.4, 0.5) is 14.5 Å². The minimum Gasteiger partial charge on any atom is -0.505 e. The number of carbonyl (C=O) groups excluding carboxylic acids is 2. The highest BCUT2D eigenvalue weighted by atomic mass is 33.6. The fraction of sp³-hybridized carbons (Fsp3) is 0.111. The highest BCUT2D eigenvalue weighted by molar-refractivity contribution is 8.86. The van der Waals surface area contributed by atoms with E-state index in [1.54, 1.807) is 107 Å². The molecule has 0 aliphatic carbocycles. The second-order valence-corrected chi connectivity index (χ2v) is 160. The summed E-state index contributed by atoms with van der Waals surface area (Å²) < 4.78 is 34.3. The summed E-state index contributed by atoms with van der Waals surface area (Å²) in [4.78, 5) is 24.7. The van der Waals surface area contributed by atoms with E-state index in [-0.39, 0.29) is 28.1 Å². The summed E-state index contributed by atoms with van der Waals surface area (Å²) in [5, 5.41) is 9.88. The molecule has 1 heterocycles. The Labute approximate surface area is 894 Å². The number of fused-ring (bicyclic) bond motifs is 1. The SMILES string of the molecule is COC(=O)c1[nH]c2ccc(F)cc2c1O.COC(=O)c1cc(F)ccc1N.S=S=S=S=S=S=S=S=S=S=S=S=S=S=S=S=S=S=S=S=S=S=S=S=S=S=S=S=S=S=S=S=S=S=S=S=S=S=S=S=S=S=S=S=S=S=S=S=S=S=S=S=S=S=S=S=S=S=S=S=S=S=S=S=S=S=S=S=S=S=S=S=S=S=S=S=S=S=S=S=S=S=S=S=S=S. The maximum atomic E-state index is 12.9. The summed E-state index contributed by atoms with van der Waals surface area (Å²) in [7, 11) is 154. The normalized spacial score (nSPS) is 8.39. The lowest BCUT2D eigenvalue weighted by molar-refractivity contribution is 0.0586. The third-order valence-corrected chi connectivity index (χ3v) is 190. The molecule has 2 aromatic carbocycles. The number of aromatic nitrogens is 1. The molecule has 0 aliphatic heterocycles. The van der Waals surface area contributed by atoms with Crippen LogP contribution in [0.5, 0.6) is 5.75 Å². The number of rotatable bonds is 2. The number of esters is 2. The lowest BCUT2D eigenvalue weighted by Gasteiger charge is -2.02. The molecule has 0 saturated carbocycles. The van der Waals surface area contributed by atoms with Gasteiger partial charge in [-0.3, -0.25) is 0 Å². The van der Waals surface area contributed by atoms with Crippen LogP contribution >= 0.6 is 0 Å². The quantitative estimate of drug-likeness (QED) is 0.266. The molecule has 4 N–H and O–H groups in total. The van der Waals surface area contributed by atoms with Gasteiger partial charge in [0.25, 0.3) is 0 Å². The maximum absolute atomic E-state index is 12.9. The van der Waals surface area contributed by atoms with Crippen LogP contribution in [-0.4, -0.2) is 36.2 Å². The molecule has 0 atom stereocenters. The molecular formula is C18H16F2N2O5S86. The van der Waals surface area contributed by atoms with Gasteiger partial charge in [-0.2, -0.15) is 0 Å². The molecule has 0 spiro atoms. The van der Waals surface area contributed by atoms with Crippen molar-refractivity contribution in [2.24, 2.45) is 0 Å². The van der Waals surface area contributed by atoms with Crippen LogP contribution in [0.3, 0.4) is 0 Å². The Morgan fingerprint density at radius 1 is 0.283 bits per heavy atom. The number of nitrogens with two attached hydrogens (primary N) is 1. The number of anilines is 1. The summed E-state index contributed by atoms with van der Waals surface area (Å²) in [5.41, 5.74) is 6.07. The molecule has 0 amide bonds. The second-order valence-electron chi connectivity index (χ2n) is 11.0. The van der Waals surface area contributed by atoms with Crippen LogP contribution in [0.2, 0.25) is 0 Å². The van der Waals surface area contributed by atoms with Crippen molar-refractivity contribution in [1.29, 1.82) is 0 Å². The number of aromatic amines is 1. The molecule has 113 heavy (non-hydrogen) atoms. The minimum absolute atomic E-state index is 0.0532. The molecule has 3 rings (SSSR count). The lowest BCUT2D eigenvalue weighted by atomic mass is 10.2. The molecule has 0 fully saturated rings. The molecule has 0 aliphatic rings. The molecule has 1 aromatic heterocycles. The van der Waals surface area contributed by atoms with Crippen molar-refractivity contribution in [3.8, 4) is 5.75 Å². The number of hydrogen-bond acceptors (Lipinski definition) is 8. The molecule has 7 nitrogen and oxygen atoms in total. The zero-order valence-corrected chi connectivity index (χ0v) is 120. The van der Waals surface area contributed by atoms with Gasteiger partial charge in [-0.15, -0.1) is 0 Å². The van der Waals surface area contributed by atoms with Gasteiger partial charge in [-0.25, -0.2) is 18.4 Å². The summed E-state index contributed by atoms with van der Waals surface area (Å²) in [6.45, 7) is 0. The molecule has 658 valence electrons. The van der Waals surface area contributed by atoms with Gasteiger partial charge < -0.3 is 25.3 Å². The van der Waals surface area contributed by atoms with E-state index < -0.39 is 23.6 Å². The van der Waals surface area contributed by atoms with E-state index in [4.69, 9.17) is 28.1 Å². The highest BCUT2D eigenvalue weighted by Crippen LogP contribution is 2.29. The van der Waals surface area contributed by atoms with Crippen LogP contribution in [0, 0.1) is 11.6 Å². The number of benzene rings is 2. The van der Waals surface area contributed by atoms with E-state index in [1.807, 2.05) is 622 Å². The zero-order chi connectivity index (χ0) is 81.5. The van der Waals surface area contributed by atoms with Gasteiger partial charge in [0.2, 0.25) is 0 Å². The first kappa shape index (κ1) is 126. The smallest absolute Gasteiger partial charge is 0.358 e. The first-order chi connectivity index (χ1) is 55.7. The van der Waals surface area contributed by atoms with Crippen molar-refractivity contribution in [3.05, 3.63) is 59.3 Å². The average Bonchev–Trinajstić information content (AvgIpc) is 1.65. The van der Waals surface area contributed by atoms with Crippen LogP contribution in [-0.2, 0) is 778 Å². The molecular weight excluding hydrogens is 3120 g/mol. The van der Waals surface area contributed by atoms with Gasteiger partial charge in [-0.1, -0.05) is 0 Å². The standard InChI is InChI=1S/C10H8FNO3.C8H8FNO2.S86/c1-15-10(14)8-9(13)6-4-5(11)2-3-7(6)12-8;1-12-8(11)6-4-5(9)2-3-7(6)10;1-3-5-7-9-11-13-15-17-19-21-23-25-27-29-31-33-35-37-39-41-43-45-47-49-51-53-55-57-59-61-63-65-67-69-71-73-75-77-79-81-83-85-86-84-82-80-78-76-74-72-70-68-66-64-62-60-58-56-54-52-50-48-46-44-42-40-38-36-34-32-30-28-26-24-22-20-18-16-14-12-10-8-6-4-2/h2-4,12-13H,1H3;2-4H,10H2,1H3;. The number of nitrogens with one attached hydrogen (secondary N) is 1. The number of carbonyl (C=O) groups is 2. The predicted octanol–water partition coefficient (Wildman–Crippen LogP) is 2.79.